The van der Waals surface area contributed by atoms with Crippen molar-refractivity contribution in [1.82, 2.24) is 0 Å². The molecule has 0 fully saturated rings. The Morgan fingerprint density at radius 1 is 0.897 bits per heavy atom. The lowest BCUT2D eigenvalue weighted by molar-refractivity contribution is -0.130. The number of carbonyl (C=O) groups excluding carboxylic acids is 1. The summed E-state index contributed by atoms with van der Waals surface area (Å²) in [5, 5.41) is 10.4. The fourth-order valence-corrected chi connectivity index (χ4v) is 4.22. The molecule has 1 aliphatic heterocycles. The maximum Gasteiger partial charge on any atom is 0.336 e. The highest BCUT2D eigenvalue weighted by atomic mass is 16.7. The van der Waals surface area contributed by atoms with E-state index in [-0.39, 0.29) is 31.0 Å². The average Bonchev–Trinajstić information content (AvgIpc) is 3.43. The Morgan fingerprint density at radius 3 is 2.23 bits per heavy atom. The summed E-state index contributed by atoms with van der Waals surface area (Å²) >= 11 is 0. The standard InChI is InChI=1S/C30H28O9/c1-5-12-37-26-15-18(14-25(35-3)29(26)36-4)13-22(28(31)19-6-9-21(34-2)10-7-19)27(30(32)33)20-8-11-23-24(16-20)39-17-38-23/h5-11,14-16H,1,12-13,17H2,2-4H3,(H,32,33). The van der Waals surface area contributed by atoms with Crippen molar-refractivity contribution in [3.63, 3.8) is 0 Å². The molecule has 0 atom stereocenters. The predicted molar refractivity (Wildman–Crippen MR) is 143 cm³/mol. The van der Waals surface area contributed by atoms with Crippen LogP contribution in [0.1, 0.15) is 21.5 Å². The third-order valence-corrected chi connectivity index (χ3v) is 6.05. The molecule has 3 aromatic rings. The van der Waals surface area contributed by atoms with Gasteiger partial charge in [-0.15, -0.1) is 0 Å². The highest BCUT2D eigenvalue weighted by Gasteiger charge is 2.27. The Labute approximate surface area is 225 Å². The summed E-state index contributed by atoms with van der Waals surface area (Å²) in [6, 6.07) is 14.6. The molecule has 0 amide bonds. The summed E-state index contributed by atoms with van der Waals surface area (Å²) in [5.74, 6) is 0.822. The smallest absolute Gasteiger partial charge is 0.336 e. The van der Waals surface area contributed by atoms with Crippen LogP contribution in [0.3, 0.4) is 0 Å². The summed E-state index contributed by atoms with van der Waals surface area (Å²) in [4.78, 5) is 26.6. The lowest BCUT2D eigenvalue weighted by Gasteiger charge is -2.17. The van der Waals surface area contributed by atoms with Gasteiger partial charge in [0.05, 0.1) is 26.9 Å². The molecule has 202 valence electrons. The van der Waals surface area contributed by atoms with Gasteiger partial charge in [-0.05, 0) is 59.7 Å². The highest BCUT2D eigenvalue weighted by Crippen LogP contribution is 2.40. The molecule has 39 heavy (non-hydrogen) atoms. The second kappa shape index (κ2) is 12.1. The first-order chi connectivity index (χ1) is 18.9. The van der Waals surface area contributed by atoms with E-state index in [1.165, 1.54) is 21.3 Å². The molecule has 1 heterocycles. The number of carboxylic acid groups (broad SMARTS) is 1. The van der Waals surface area contributed by atoms with Gasteiger partial charge in [-0.25, -0.2) is 4.79 Å². The number of rotatable bonds is 12. The number of benzene rings is 3. The average molecular weight is 533 g/mol. The SMILES string of the molecule is C=CCOc1cc(CC(C(=O)c2ccc(OC)cc2)=C(C(=O)O)c2ccc3c(c2)OCO3)cc(OC)c1OC. The predicted octanol–water partition coefficient (Wildman–Crippen LogP) is 4.97. The molecule has 3 aromatic carbocycles. The van der Waals surface area contributed by atoms with Gasteiger partial charge in [-0.3, -0.25) is 4.79 Å². The van der Waals surface area contributed by atoms with E-state index < -0.39 is 11.8 Å². The summed E-state index contributed by atoms with van der Waals surface area (Å²) in [7, 11) is 4.49. The molecule has 1 aliphatic rings. The van der Waals surface area contributed by atoms with Crippen molar-refractivity contribution in [3.8, 4) is 34.5 Å². The van der Waals surface area contributed by atoms with Gasteiger partial charge in [0.2, 0.25) is 12.5 Å². The maximum absolute atomic E-state index is 13.9. The van der Waals surface area contributed by atoms with Crippen LogP contribution in [0, 0.1) is 0 Å². The van der Waals surface area contributed by atoms with Gasteiger partial charge in [0.25, 0.3) is 0 Å². The van der Waals surface area contributed by atoms with Crippen LogP contribution in [-0.2, 0) is 11.2 Å². The number of allylic oxidation sites excluding steroid dienone is 1. The highest BCUT2D eigenvalue weighted by molar-refractivity contribution is 6.26. The molecule has 0 aliphatic carbocycles. The zero-order valence-electron chi connectivity index (χ0n) is 21.8. The largest absolute Gasteiger partial charge is 0.497 e. The fraction of sp³-hybridized carbons (Fsp3) is 0.200. The van der Waals surface area contributed by atoms with Crippen LogP contribution in [0.4, 0.5) is 0 Å². The third-order valence-electron chi connectivity index (χ3n) is 6.05. The molecule has 9 nitrogen and oxygen atoms in total. The van der Waals surface area contributed by atoms with Crippen LogP contribution in [0.2, 0.25) is 0 Å². The van der Waals surface area contributed by atoms with Crippen molar-refractivity contribution in [2.24, 2.45) is 0 Å². The van der Waals surface area contributed by atoms with Gasteiger partial charge in [0.1, 0.15) is 12.4 Å². The Kier molecular flexibility index (Phi) is 8.40. The van der Waals surface area contributed by atoms with Crippen molar-refractivity contribution >= 4 is 17.3 Å². The van der Waals surface area contributed by atoms with Gasteiger partial charge in [0.15, 0.2) is 28.8 Å². The van der Waals surface area contributed by atoms with Gasteiger partial charge < -0.3 is 33.5 Å². The van der Waals surface area contributed by atoms with E-state index >= 15 is 0 Å². The number of Topliss-reactive ketones (excluding diaryl/α,β-unsaturated/α-hetero) is 1. The van der Waals surface area contributed by atoms with E-state index in [1.54, 1.807) is 60.7 Å². The molecular weight excluding hydrogens is 504 g/mol. The number of ether oxygens (including phenoxy) is 6. The van der Waals surface area contributed by atoms with Gasteiger partial charge >= 0.3 is 5.97 Å². The van der Waals surface area contributed by atoms with Crippen LogP contribution < -0.4 is 28.4 Å². The lowest BCUT2D eigenvalue weighted by atomic mass is 9.89. The first-order valence-corrected chi connectivity index (χ1v) is 11.9. The first kappa shape index (κ1) is 27.1. The minimum atomic E-state index is -1.27. The quantitative estimate of drug-likeness (QED) is 0.196. The number of methoxy groups -OCH3 is 3. The van der Waals surface area contributed by atoms with E-state index in [2.05, 4.69) is 6.58 Å². The van der Waals surface area contributed by atoms with Gasteiger partial charge in [-0.1, -0.05) is 18.7 Å². The van der Waals surface area contributed by atoms with Crippen molar-refractivity contribution in [2.45, 2.75) is 6.42 Å². The van der Waals surface area contributed by atoms with Gasteiger partial charge in [0, 0.05) is 17.6 Å². The minimum Gasteiger partial charge on any atom is -0.497 e. The molecule has 0 saturated carbocycles. The molecule has 1 N–H and O–H groups in total. The number of carboxylic acids is 1. The summed E-state index contributed by atoms with van der Waals surface area (Å²) in [5.41, 5.74) is 1.05. The fourth-order valence-electron chi connectivity index (χ4n) is 4.22. The molecular formula is C30H28O9. The van der Waals surface area contributed by atoms with E-state index in [1.807, 2.05) is 0 Å². The lowest BCUT2D eigenvalue weighted by Crippen LogP contribution is -2.14. The number of hydrogen-bond donors (Lipinski definition) is 1. The minimum absolute atomic E-state index is 0.0294. The zero-order chi connectivity index (χ0) is 27.9. The Hall–Kier alpha value is -4.92. The monoisotopic (exact) mass is 532 g/mol. The van der Waals surface area contributed by atoms with Crippen LogP contribution in [0.5, 0.6) is 34.5 Å². The Bertz CT molecular complexity index is 1420. The molecule has 0 spiro atoms. The van der Waals surface area contributed by atoms with E-state index in [0.29, 0.717) is 51.2 Å². The number of aliphatic carboxylic acids is 1. The second-order valence-corrected chi connectivity index (χ2v) is 8.39. The molecule has 0 radical (unpaired) electrons. The molecule has 0 bridgehead atoms. The zero-order valence-corrected chi connectivity index (χ0v) is 21.8. The van der Waals surface area contributed by atoms with E-state index in [9.17, 15) is 14.7 Å². The number of carbonyl (C=O) groups is 2. The molecule has 0 unspecified atom stereocenters. The van der Waals surface area contributed by atoms with Crippen molar-refractivity contribution < 1.29 is 43.1 Å². The topological polar surface area (TPSA) is 110 Å². The summed E-state index contributed by atoms with van der Waals surface area (Å²) < 4.78 is 32.8. The number of hydrogen-bond acceptors (Lipinski definition) is 8. The van der Waals surface area contributed by atoms with E-state index in [0.717, 1.165) is 0 Å². The maximum atomic E-state index is 13.9. The molecule has 9 heteroatoms. The molecule has 4 rings (SSSR count). The Balaban J connectivity index is 1.90. The van der Waals surface area contributed by atoms with Crippen molar-refractivity contribution in [2.75, 3.05) is 34.7 Å². The van der Waals surface area contributed by atoms with Crippen molar-refractivity contribution in [3.05, 3.63) is 89.5 Å². The normalized spacial score (nSPS) is 12.3. The molecule has 0 aromatic heterocycles. The Morgan fingerprint density at radius 2 is 1.59 bits per heavy atom. The molecule has 0 saturated heterocycles. The van der Waals surface area contributed by atoms with Crippen LogP contribution >= 0.6 is 0 Å². The van der Waals surface area contributed by atoms with Crippen LogP contribution in [-0.4, -0.2) is 51.6 Å². The number of fused-ring (bicyclic) bond motifs is 1. The van der Waals surface area contributed by atoms with Gasteiger partial charge in [-0.2, -0.15) is 0 Å². The summed E-state index contributed by atoms with van der Waals surface area (Å²) in [6.07, 6.45) is 1.53. The number of ketones is 1. The second-order valence-electron chi connectivity index (χ2n) is 8.39. The van der Waals surface area contributed by atoms with Crippen molar-refractivity contribution in [1.29, 1.82) is 0 Å². The van der Waals surface area contributed by atoms with Crippen LogP contribution in [0.15, 0.2) is 72.8 Å². The van der Waals surface area contributed by atoms with Crippen LogP contribution in [0.25, 0.3) is 5.57 Å². The summed E-state index contributed by atoms with van der Waals surface area (Å²) in [6.45, 7) is 3.90. The third kappa shape index (κ3) is 5.82. The van der Waals surface area contributed by atoms with E-state index in [4.69, 9.17) is 28.4 Å². The first-order valence-electron chi connectivity index (χ1n) is 11.9.